The average Bonchev–Trinajstić information content (AvgIpc) is 3.61. The summed E-state index contributed by atoms with van der Waals surface area (Å²) < 4.78 is 17.0. The fourth-order valence-electron chi connectivity index (χ4n) is 6.19. The molecule has 3 aromatic heterocycles. The lowest BCUT2D eigenvalue weighted by Gasteiger charge is -2.25. The SMILES string of the molecule is CCN1CCC2(CCN(c3ccc(Nc4ncc(F)c(-c5ccc6nc(C)n(C(C)C)c6c5)n4)nc3)C2)C1. The molecule has 1 atom stereocenters. The van der Waals surface area contributed by atoms with Crippen LogP contribution in [0.2, 0.25) is 0 Å². The van der Waals surface area contributed by atoms with Gasteiger partial charge in [0.1, 0.15) is 17.3 Å². The Morgan fingerprint density at radius 3 is 2.61 bits per heavy atom. The van der Waals surface area contributed by atoms with Crippen molar-refractivity contribution in [2.75, 3.05) is 42.9 Å². The van der Waals surface area contributed by atoms with E-state index in [-0.39, 0.29) is 11.7 Å². The molecule has 1 unspecified atom stereocenters. The molecule has 1 aromatic carbocycles. The van der Waals surface area contributed by atoms with Gasteiger partial charge in [0.2, 0.25) is 5.95 Å². The number of anilines is 3. The van der Waals surface area contributed by atoms with Crippen molar-refractivity contribution in [3.05, 3.63) is 54.4 Å². The Balaban J connectivity index is 1.20. The third-order valence-electron chi connectivity index (χ3n) is 8.16. The number of likely N-dealkylation sites (tertiary alicyclic amines) is 1. The Kier molecular flexibility index (Phi) is 6.26. The van der Waals surface area contributed by atoms with E-state index in [2.05, 4.69) is 66.5 Å². The number of imidazole rings is 1. The summed E-state index contributed by atoms with van der Waals surface area (Å²) in [5.74, 6) is 1.40. The summed E-state index contributed by atoms with van der Waals surface area (Å²) in [5, 5.41) is 3.15. The number of aromatic nitrogens is 5. The second-order valence-corrected chi connectivity index (χ2v) is 11.0. The summed E-state index contributed by atoms with van der Waals surface area (Å²) in [7, 11) is 0. The Morgan fingerprint density at radius 1 is 1.03 bits per heavy atom. The maximum absolute atomic E-state index is 14.9. The van der Waals surface area contributed by atoms with Gasteiger partial charge in [-0.2, -0.15) is 0 Å². The molecule has 0 bridgehead atoms. The van der Waals surface area contributed by atoms with Crippen molar-refractivity contribution in [2.24, 2.45) is 5.41 Å². The van der Waals surface area contributed by atoms with Crippen LogP contribution in [-0.4, -0.2) is 62.1 Å². The zero-order chi connectivity index (χ0) is 26.4. The van der Waals surface area contributed by atoms with Gasteiger partial charge in [0, 0.05) is 36.7 Å². The molecule has 38 heavy (non-hydrogen) atoms. The number of hydrogen-bond acceptors (Lipinski definition) is 7. The predicted molar refractivity (Wildman–Crippen MR) is 149 cm³/mol. The molecule has 2 aliphatic heterocycles. The van der Waals surface area contributed by atoms with Crippen LogP contribution in [0.3, 0.4) is 0 Å². The molecule has 2 saturated heterocycles. The molecule has 0 amide bonds. The zero-order valence-electron chi connectivity index (χ0n) is 22.6. The van der Waals surface area contributed by atoms with Crippen molar-refractivity contribution < 1.29 is 4.39 Å². The predicted octanol–water partition coefficient (Wildman–Crippen LogP) is 5.58. The molecular weight excluding hydrogens is 479 g/mol. The molecule has 0 aliphatic carbocycles. The molecule has 8 nitrogen and oxygen atoms in total. The average molecular weight is 515 g/mol. The Hall–Kier alpha value is -3.59. The lowest BCUT2D eigenvalue weighted by molar-refractivity contribution is 0.286. The number of rotatable bonds is 6. The van der Waals surface area contributed by atoms with Gasteiger partial charge in [0.25, 0.3) is 0 Å². The largest absolute Gasteiger partial charge is 0.370 e. The monoisotopic (exact) mass is 514 g/mol. The van der Waals surface area contributed by atoms with Crippen LogP contribution in [0.25, 0.3) is 22.3 Å². The van der Waals surface area contributed by atoms with E-state index in [1.54, 1.807) is 0 Å². The van der Waals surface area contributed by atoms with Crippen molar-refractivity contribution in [3.63, 3.8) is 0 Å². The first-order valence-electron chi connectivity index (χ1n) is 13.6. The second kappa shape index (κ2) is 9.62. The first kappa shape index (κ1) is 24.7. The summed E-state index contributed by atoms with van der Waals surface area (Å²) in [5.41, 5.74) is 4.32. The van der Waals surface area contributed by atoms with Crippen LogP contribution in [0.1, 0.15) is 45.5 Å². The molecule has 9 heteroatoms. The molecule has 1 N–H and O–H groups in total. The van der Waals surface area contributed by atoms with Crippen molar-refractivity contribution in [1.29, 1.82) is 0 Å². The maximum atomic E-state index is 14.9. The highest BCUT2D eigenvalue weighted by molar-refractivity contribution is 5.82. The molecule has 4 aromatic rings. The minimum absolute atomic E-state index is 0.243. The number of benzene rings is 1. The highest BCUT2D eigenvalue weighted by Crippen LogP contribution is 2.41. The maximum Gasteiger partial charge on any atom is 0.229 e. The lowest BCUT2D eigenvalue weighted by Crippen LogP contribution is -2.30. The summed E-state index contributed by atoms with van der Waals surface area (Å²) in [6, 6.07) is 10.00. The number of hydrogen-bond donors (Lipinski definition) is 1. The van der Waals surface area contributed by atoms with E-state index in [9.17, 15) is 4.39 Å². The van der Waals surface area contributed by atoms with Crippen LogP contribution < -0.4 is 10.2 Å². The van der Waals surface area contributed by atoms with Crippen LogP contribution in [0, 0.1) is 18.2 Å². The smallest absolute Gasteiger partial charge is 0.229 e. The summed E-state index contributed by atoms with van der Waals surface area (Å²) in [4.78, 5) is 22.9. The highest BCUT2D eigenvalue weighted by Gasteiger charge is 2.43. The normalized spacial score (nSPS) is 19.9. The second-order valence-electron chi connectivity index (χ2n) is 11.0. The van der Waals surface area contributed by atoms with Crippen LogP contribution in [0.4, 0.5) is 21.8 Å². The Morgan fingerprint density at radius 2 is 1.87 bits per heavy atom. The van der Waals surface area contributed by atoms with Crippen molar-refractivity contribution in [2.45, 2.75) is 46.6 Å². The van der Waals surface area contributed by atoms with E-state index in [4.69, 9.17) is 0 Å². The summed E-state index contributed by atoms with van der Waals surface area (Å²) >= 11 is 0. The van der Waals surface area contributed by atoms with Gasteiger partial charge in [0.05, 0.1) is 29.1 Å². The van der Waals surface area contributed by atoms with Gasteiger partial charge >= 0.3 is 0 Å². The first-order chi connectivity index (χ1) is 18.3. The molecule has 2 fully saturated rings. The summed E-state index contributed by atoms with van der Waals surface area (Å²) in [6.07, 6.45) is 5.63. The number of halogens is 1. The fourth-order valence-corrected chi connectivity index (χ4v) is 6.19. The van der Waals surface area contributed by atoms with Crippen LogP contribution in [0.15, 0.2) is 42.7 Å². The van der Waals surface area contributed by atoms with E-state index in [0.29, 0.717) is 22.7 Å². The standard InChI is InChI=1S/C29H35FN8/c1-5-36-12-10-29(17-36)11-13-37(18-29)22-7-9-26(31-15-22)34-28-32-16-23(30)27(35-28)21-6-8-24-25(14-21)38(19(2)3)20(4)33-24/h6-9,14-16,19H,5,10-13,17-18H2,1-4H3,(H,31,32,34,35). The third kappa shape index (κ3) is 4.49. The topological polar surface area (TPSA) is 75.0 Å². The molecule has 2 aliphatic rings. The van der Waals surface area contributed by atoms with Crippen molar-refractivity contribution >= 4 is 28.5 Å². The number of nitrogens with one attached hydrogen (secondary N) is 1. The molecule has 1 spiro atoms. The third-order valence-corrected chi connectivity index (χ3v) is 8.16. The number of fused-ring (bicyclic) bond motifs is 1. The van der Waals surface area contributed by atoms with Gasteiger partial charge in [-0.3, -0.25) is 0 Å². The molecule has 0 radical (unpaired) electrons. The highest BCUT2D eigenvalue weighted by atomic mass is 19.1. The lowest BCUT2D eigenvalue weighted by atomic mass is 9.86. The van der Waals surface area contributed by atoms with Gasteiger partial charge in [-0.1, -0.05) is 13.0 Å². The van der Waals surface area contributed by atoms with Crippen LogP contribution in [0.5, 0.6) is 0 Å². The molecule has 6 rings (SSSR count). The van der Waals surface area contributed by atoms with Gasteiger partial charge in [-0.05, 0) is 71.0 Å². The number of pyridine rings is 1. The quantitative estimate of drug-likeness (QED) is 0.360. The van der Waals surface area contributed by atoms with Crippen LogP contribution >= 0.6 is 0 Å². The molecule has 0 saturated carbocycles. The van der Waals surface area contributed by atoms with E-state index >= 15 is 0 Å². The van der Waals surface area contributed by atoms with Crippen molar-refractivity contribution in [3.8, 4) is 11.3 Å². The molecule has 5 heterocycles. The minimum Gasteiger partial charge on any atom is -0.370 e. The fraction of sp³-hybridized carbons (Fsp3) is 0.448. The number of aryl methyl sites for hydroxylation is 1. The number of nitrogens with zero attached hydrogens (tertiary/aromatic N) is 7. The van der Waals surface area contributed by atoms with E-state index in [1.807, 2.05) is 37.4 Å². The van der Waals surface area contributed by atoms with E-state index < -0.39 is 5.82 Å². The Bertz CT molecular complexity index is 1460. The van der Waals surface area contributed by atoms with Crippen LogP contribution in [-0.2, 0) is 0 Å². The zero-order valence-corrected chi connectivity index (χ0v) is 22.6. The van der Waals surface area contributed by atoms with E-state index in [0.717, 1.165) is 42.2 Å². The summed E-state index contributed by atoms with van der Waals surface area (Å²) in [6.45, 7) is 14.2. The van der Waals surface area contributed by atoms with Gasteiger partial charge < -0.3 is 19.7 Å². The van der Waals surface area contributed by atoms with Gasteiger partial charge in [0.15, 0.2) is 5.82 Å². The first-order valence-corrected chi connectivity index (χ1v) is 13.6. The van der Waals surface area contributed by atoms with E-state index in [1.165, 1.54) is 32.1 Å². The molecular formula is C29H35FN8. The van der Waals surface area contributed by atoms with Crippen molar-refractivity contribution in [1.82, 2.24) is 29.4 Å². The van der Waals surface area contributed by atoms with Gasteiger partial charge in [-0.15, -0.1) is 0 Å². The van der Waals surface area contributed by atoms with Gasteiger partial charge in [-0.25, -0.2) is 24.3 Å². The molecule has 198 valence electrons. The minimum atomic E-state index is -0.470. The Labute approximate surface area is 222 Å².